The minimum atomic E-state index is -3.61. The van der Waals surface area contributed by atoms with Gasteiger partial charge in [-0.15, -0.1) is 12.4 Å². The van der Waals surface area contributed by atoms with Gasteiger partial charge in [-0.1, -0.05) is 26.0 Å². The second-order valence-electron chi connectivity index (χ2n) is 6.34. The lowest BCUT2D eigenvalue weighted by atomic mass is 9.94. The number of halogens is 1. The summed E-state index contributed by atoms with van der Waals surface area (Å²) in [5.74, 6) is -0.108. The number of hydrogen-bond donors (Lipinski definition) is 1. The van der Waals surface area contributed by atoms with Crippen molar-refractivity contribution in [2.24, 2.45) is 11.1 Å². The van der Waals surface area contributed by atoms with E-state index in [0.717, 1.165) is 6.26 Å². The molecule has 0 radical (unpaired) electrons. The van der Waals surface area contributed by atoms with Crippen molar-refractivity contribution in [3.63, 3.8) is 0 Å². The topological polar surface area (TPSA) is 97.5 Å². The van der Waals surface area contributed by atoms with Crippen LogP contribution in [0.1, 0.15) is 19.4 Å². The Labute approximate surface area is 145 Å². The fourth-order valence-electron chi connectivity index (χ4n) is 1.99. The molecule has 0 fully saturated rings. The van der Waals surface area contributed by atoms with Crippen LogP contribution in [0.5, 0.6) is 0 Å². The molecule has 23 heavy (non-hydrogen) atoms. The van der Waals surface area contributed by atoms with Crippen molar-refractivity contribution >= 4 is 32.3 Å². The average molecular weight is 385 g/mol. The normalized spacial score (nSPS) is 13.0. The Morgan fingerprint density at radius 1 is 1.09 bits per heavy atom. The van der Waals surface area contributed by atoms with E-state index in [0.29, 0.717) is 18.7 Å². The Kier molecular flexibility index (Phi) is 7.70. The van der Waals surface area contributed by atoms with Crippen molar-refractivity contribution in [1.82, 2.24) is 4.31 Å². The maximum absolute atomic E-state index is 12.5. The fraction of sp³-hybridized carbons (Fsp3) is 0.571. The van der Waals surface area contributed by atoms with Crippen LogP contribution < -0.4 is 5.73 Å². The van der Waals surface area contributed by atoms with Gasteiger partial charge in [0.15, 0.2) is 9.84 Å². The van der Waals surface area contributed by atoms with Crippen LogP contribution in [0.3, 0.4) is 0 Å². The second kappa shape index (κ2) is 7.94. The molecule has 1 rings (SSSR count). The average Bonchev–Trinajstić information content (AvgIpc) is 2.37. The van der Waals surface area contributed by atoms with E-state index < -0.39 is 19.9 Å². The third kappa shape index (κ3) is 6.76. The highest BCUT2D eigenvalue weighted by molar-refractivity contribution is 7.90. The lowest BCUT2D eigenvalue weighted by molar-refractivity contribution is 0.292. The molecule has 9 heteroatoms. The SMILES string of the molecule is CN(CC(C)(C)CN)S(=O)(=O)c1ccc(CS(C)(=O)=O)cc1.Cl. The first-order valence-electron chi connectivity index (χ1n) is 6.80. The van der Waals surface area contributed by atoms with Crippen LogP contribution >= 0.6 is 12.4 Å². The molecule has 0 bridgehead atoms. The summed E-state index contributed by atoms with van der Waals surface area (Å²) in [6.45, 7) is 4.47. The number of hydrogen-bond acceptors (Lipinski definition) is 5. The van der Waals surface area contributed by atoms with E-state index >= 15 is 0 Å². The molecule has 0 aliphatic carbocycles. The van der Waals surface area contributed by atoms with Gasteiger partial charge >= 0.3 is 0 Å². The highest BCUT2D eigenvalue weighted by Gasteiger charge is 2.27. The Hall–Kier alpha value is -0.670. The van der Waals surface area contributed by atoms with Gasteiger partial charge < -0.3 is 5.73 Å². The van der Waals surface area contributed by atoms with E-state index in [1.165, 1.54) is 35.6 Å². The summed E-state index contributed by atoms with van der Waals surface area (Å²) in [5.41, 5.74) is 5.88. The molecule has 0 spiro atoms. The van der Waals surface area contributed by atoms with Crippen molar-refractivity contribution < 1.29 is 16.8 Å². The van der Waals surface area contributed by atoms with Crippen LogP contribution in [0.2, 0.25) is 0 Å². The quantitative estimate of drug-likeness (QED) is 0.763. The summed E-state index contributed by atoms with van der Waals surface area (Å²) in [6, 6.07) is 5.91. The van der Waals surface area contributed by atoms with Gasteiger partial charge in [0, 0.05) is 19.8 Å². The van der Waals surface area contributed by atoms with Crippen molar-refractivity contribution in [1.29, 1.82) is 0 Å². The highest BCUT2D eigenvalue weighted by Crippen LogP contribution is 2.21. The number of sulfonamides is 1. The molecule has 0 atom stereocenters. The van der Waals surface area contributed by atoms with Crippen LogP contribution in [0.25, 0.3) is 0 Å². The summed E-state index contributed by atoms with van der Waals surface area (Å²) < 4.78 is 48.7. The molecule has 134 valence electrons. The van der Waals surface area contributed by atoms with Gasteiger partial charge in [-0.2, -0.15) is 0 Å². The number of rotatable bonds is 7. The molecule has 0 aliphatic heterocycles. The van der Waals surface area contributed by atoms with Crippen LogP contribution in [0.15, 0.2) is 29.2 Å². The number of benzene rings is 1. The Bertz CT molecular complexity index is 714. The molecule has 0 saturated heterocycles. The summed E-state index contributed by atoms with van der Waals surface area (Å²) in [6.07, 6.45) is 1.14. The zero-order valence-corrected chi connectivity index (χ0v) is 16.3. The Morgan fingerprint density at radius 3 is 1.96 bits per heavy atom. The zero-order chi connectivity index (χ0) is 17.2. The summed E-state index contributed by atoms with van der Waals surface area (Å²) in [7, 11) is -5.25. The van der Waals surface area contributed by atoms with E-state index in [1.807, 2.05) is 13.8 Å². The Morgan fingerprint density at radius 2 is 1.57 bits per heavy atom. The number of nitrogens with two attached hydrogens (primary N) is 1. The maximum atomic E-state index is 12.5. The van der Waals surface area contributed by atoms with Gasteiger partial charge in [0.25, 0.3) is 0 Å². The molecule has 6 nitrogen and oxygen atoms in total. The van der Waals surface area contributed by atoms with Gasteiger partial charge in [-0.25, -0.2) is 21.1 Å². The predicted octanol–water partition coefficient (Wildman–Crippen LogP) is 1.26. The highest BCUT2D eigenvalue weighted by atomic mass is 35.5. The largest absolute Gasteiger partial charge is 0.330 e. The molecule has 1 aromatic rings. The monoisotopic (exact) mass is 384 g/mol. The van der Waals surface area contributed by atoms with Crippen LogP contribution in [-0.4, -0.2) is 47.5 Å². The van der Waals surface area contributed by atoms with Crippen LogP contribution in [-0.2, 0) is 25.6 Å². The van der Waals surface area contributed by atoms with Crippen molar-refractivity contribution in [2.75, 3.05) is 26.4 Å². The van der Waals surface area contributed by atoms with E-state index in [9.17, 15) is 16.8 Å². The first-order valence-corrected chi connectivity index (χ1v) is 10.3. The molecular weight excluding hydrogens is 360 g/mol. The molecule has 0 heterocycles. The molecule has 0 unspecified atom stereocenters. The van der Waals surface area contributed by atoms with E-state index in [2.05, 4.69) is 0 Å². The van der Waals surface area contributed by atoms with Crippen molar-refractivity contribution in [3.05, 3.63) is 29.8 Å². The van der Waals surface area contributed by atoms with Gasteiger partial charge in [-0.05, 0) is 29.7 Å². The lowest BCUT2D eigenvalue weighted by Gasteiger charge is -2.28. The van der Waals surface area contributed by atoms with Gasteiger partial charge in [0.2, 0.25) is 10.0 Å². The molecule has 1 aromatic carbocycles. The van der Waals surface area contributed by atoms with E-state index in [-0.39, 0.29) is 28.5 Å². The molecule has 0 aliphatic rings. The molecule has 0 saturated carbocycles. The van der Waals surface area contributed by atoms with Crippen LogP contribution in [0.4, 0.5) is 0 Å². The van der Waals surface area contributed by atoms with Gasteiger partial charge in [-0.3, -0.25) is 0 Å². The van der Waals surface area contributed by atoms with Crippen LogP contribution in [0, 0.1) is 5.41 Å². The lowest BCUT2D eigenvalue weighted by Crippen LogP contribution is -2.39. The maximum Gasteiger partial charge on any atom is 0.242 e. The Balaban J connectivity index is 0.00000484. The summed E-state index contributed by atoms with van der Waals surface area (Å²) in [4.78, 5) is 0.139. The first kappa shape index (κ1) is 22.3. The molecule has 0 amide bonds. The number of sulfone groups is 1. The minimum absolute atomic E-state index is 0. The van der Waals surface area contributed by atoms with Gasteiger partial charge in [0.05, 0.1) is 10.6 Å². The van der Waals surface area contributed by atoms with Crippen molar-refractivity contribution in [2.45, 2.75) is 24.5 Å². The zero-order valence-electron chi connectivity index (χ0n) is 13.8. The summed E-state index contributed by atoms with van der Waals surface area (Å²) in [5, 5.41) is 0. The van der Waals surface area contributed by atoms with Gasteiger partial charge in [0.1, 0.15) is 0 Å². The first-order chi connectivity index (χ1) is 9.87. The van der Waals surface area contributed by atoms with E-state index in [1.54, 1.807) is 0 Å². The third-order valence-corrected chi connectivity index (χ3v) is 5.94. The van der Waals surface area contributed by atoms with E-state index in [4.69, 9.17) is 5.73 Å². The molecule has 0 aromatic heterocycles. The summed E-state index contributed by atoms with van der Waals surface area (Å²) >= 11 is 0. The van der Waals surface area contributed by atoms with Crippen molar-refractivity contribution in [3.8, 4) is 0 Å². The molecule has 2 N–H and O–H groups in total. The fourth-order valence-corrected chi connectivity index (χ4v) is 4.15. The third-order valence-electron chi connectivity index (χ3n) is 3.26. The second-order valence-corrected chi connectivity index (χ2v) is 10.5. The smallest absolute Gasteiger partial charge is 0.242 e. The number of nitrogens with zero attached hydrogens (tertiary/aromatic N) is 1. The predicted molar refractivity (Wildman–Crippen MR) is 94.9 cm³/mol. The molecular formula is C14H25ClN2O4S2. The standard InChI is InChI=1S/C14H24N2O4S2.ClH/c1-14(2,10-15)11-16(3)22(19,20)13-7-5-12(6-8-13)9-21(4,17)18;/h5-8H,9-11,15H2,1-4H3;1H. The minimum Gasteiger partial charge on any atom is -0.330 e.